The first kappa shape index (κ1) is 11.1. The third-order valence-corrected chi connectivity index (χ3v) is 6.50. The van der Waals surface area contributed by atoms with Gasteiger partial charge in [-0.15, -0.1) is 0 Å². The quantitative estimate of drug-likeness (QED) is 0.601. The lowest BCUT2D eigenvalue weighted by Crippen LogP contribution is -2.56. The first-order valence-electron chi connectivity index (χ1n) is 7.07. The average molecular weight is 222 g/mol. The summed E-state index contributed by atoms with van der Waals surface area (Å²) in [5.74, 6) is 1.70. The van der Waals surface area contributed by atoms with Crippen LogP contribution in [-0.2, 0) is 4.74 Å². The van der Waals surface area contributed by atoms with Gasteiger partial charge in [0.2, 0.25) is 0 Å². The number of ether oxygens (including phenoxy) is 1. The van der Waals surface area contributed by atoms with Gasteiger partial charge in [0.15, 0.2) is 0 Å². The Balaban J connectivity index is 2.11. The lowest BCUT2D eigenvalue weighted by molar-refractivity contribution is -0.140. The zero-order chi connectivity index (χ0) is 11.6. The zero-order valence-electron chi connectivity index (χ0n) is 11.3. The van der Waals surface area contributed by atoms with E-state index in [0.717, 1.165) is 18.4 Å². The summed E-state index contributed by atoms with van der Waals surface area (Å²) in [5.41, 5.74) is 1.15. The molecule has 3 rings (SSSR count). The van der Waals surface area contributed by atoms with Crippen LogP contribution in [0, 0.1) is 22.7 Å². The SMILES string of the molecule is CC1CCC23C1COC2(C)CCCC3(C)C. The molecule has 4 atom stereocenters. The Kier molecular flexibility index (Phi) is 2.11. The smallest absolute Gasteiger partial charge is 0.0719 e. The molecule has 1 nitrogen and oxygen atoms in total. The molecule has 2 saturated carbocycles. The van der Waals surface area contributed by atoms with Gasteiger partial charge < -0.3 is 4.74 Å². The highest BCUT2D eigenvalue weighted by atomic mass is 16.5. The summed E-state index contributed by atoms with van der Waals surface area (Å²) in [6, 6.07) is 0. The highest BCUT2D eigenvalue weighted by molar-refractivity contribution is 5.17. The van der Waals surface area contributed by atoms with E-state index in [-0.39, 0.29) is 5.60 Å². The highest BCUT2D eigenvalue weighted by Crippen LogP contribution is 2.70. The summed E-state index contributed by atoms with van der Waals surface area (Å²) in [6.07, 6.45) is 6.87. The summed E-state index contributed by atoms with van der Waals surface area (Å²) >= 11 is 0. The standard InChI is InChI=1S/C15H26O/c1-11-6-9-15-12(11)10-16-14(15,4)8-5-7-13(15,2)3/h11-12H,5-10H2,1-4H3. The van der Waals surface area contributed by atoms with Gasteiger partial charge in [-0.2, -0.15) is 0 Å². The van der Waals surface area contributed by atoms with Crippen LogP contribution >= 0.6 is 0 Å². The fraction of sp³-hybridized carbons (Fsp3) is 1.00. The zero-order valence-corrected chi connectivity index (χ0v) is 11.3. The van der Waals surface area contributed by atoms with Gasteiger partial charge in [-0.25, -0.2) is 0 Å². The molecule has 0 bridgehead atoms. The average Bonchev–Trinajstić information content (AvgIpc) is 2.67. The fourth-order valence-corrected chi connectivity index (χ4v) is 5.64. The number of hydrogen-bond acceptors (Lipinski definition) is 1. The van der Waals surface area contributed by atoms with E-state index in [4.69, 9.17) is 4.74 Å². The van der Waals surface area contributed by atoms with E-state index in [1.165, 1.54) is 32.1 Å². The number of rotatable bonds is 0. The van der Waals surface area contributed by atoms with Crippen molar-refractivity contribution < 1.29 is 4.74 Å². The lowest BCUT2D eigenvalue weighted by Gasteiger charge is -2.57. The Morgan fingerprint density at radius 3 is 2.56 bits per heavy atom. The molecule has 2 aliphatic carbocycles. The maximum atomic E-state index is 6.31. The summed E-state index contributed by atoms with van der Waals surface area (Å²) in [4.78, 5) is 0. The Labute approximate surface area is 99.9 Å². The predicted molar refractivity (Wildman–Crippen MR) is 66.3 cm³/mol. The lowest BCUT2D eigenvalue weighted by atomic mass is 9.48. The van der Waals surface area contributed by atoms with Crippen molar-refractivity contribution >= 4 is 0 Å². The van der Waals surface area contributed by atoms with Crippen molar-refractivity contribution in [2.75, 3.05) is 6.61 Å². The van der Waals surface area contributed by atoms with Crippen LogP contribution in [0.25, 0.3) is 0 Å². The first-order valence-corrected chi connectivity index (χ1v) is 7.07. The maximum absolute atomic E-state index is 6.31. The third-order valence-electron chi connectivity index (χ3n) is 6.50. The molecule has 4 unspecified atom stereocenters. The summed E-state index contributed by atoms with van der Waals surface area (Å²) in [6.45, 7) is 10.9. The van der Waals surface area contributed by atoms with Crippen LogP contribution in [0.5, 0.6) is 0 Å². The second-order valence-corrected chi connectivity index (χ2v) is 7.37. The van der Waals surface area contributed by atoms with Gasteiger partial charge in [0.1, 0.15) is 0 Å². The molecule has 1 aliphatic heterocycles. The molecular weight excluding hydrogens is 196 g/mol. The molecule has 1 heterocycles. The molecule has 16 heavy (non-hydrogen) atoms. The third kappa shape index (κ3) is 1.02. The van der Waals surface area contributed by atoms with Gasteiger partial charge in [0.25, 0.3) is 0 Å². The number of hydrogen-bond donors (Lipinski definition) is 0. The van der Waals surface area contributed by atoms with Gasteiger partial charge in [0, 0.05) is 5.41 Å². The Morgan fingerprint density at radius 1 is 1.06 bits per heavy atom. The Bertz CT molecular complexity index is 309. The molecule has 1 saturated heterocycles. The van der Waals surface area contributed by atoms with Crippen molar-refractivity contribution in [2.24, 2.45) is 22.7 Å². The first-order chi connectivity index (χ1) is 7.43. The van der Waals surface area contributed by atoms with Crippen LogP contribution in [-0.4, -0.2) is 12.2 Å². The van der Waals surface area contributed by atoms with Gasteiger partial charge in [-0.05, 0) is 49.9 Å². The molecular formula is C15H26O. The summed E-state index contributed by atoms with van der Waals surface area (Å²) < 4.78 is 6.31. The van der Waals surface area contributed by atoms with E-state index in [1.807, 2.05) is 0 Å². The second-order valence-electron chi connectivity index (χ2n) is 7.37. The largest absolute Gasteiger partial charge is 0.374 e. The molecule has 0 N–H and O–H groups in total. The van der Waals surface area contributed by atoms with Crippen molar-refractivity contribution in [2.45, 2.75) is 65.4 Å². The Hall–Kier alpha value is -0.0400. The van der Waals surface area contributed by atoms with E-state index in [1.54, 1.807) is 0 Å². The van der Waals surface area contributed by atoms with E-state index in [2.05, 4.69) is 27.7 Å². The second kappa shape index (κ2) is 3.04. The molecule has 0 aromatic heterocycles. The highest BCUT2D eigenvalue weighted by Gasteiger charge is 2.69. The monoisotopic (exact) mass is 222 g/mol. The maximum Gasteiger partial charge on any atom is 0.0719 e. The van der Waals surface area contributed by atoms with Crippen molar-refractivity contribution in [3.63, 3.8) is 0 Å². The molecule has 3 fully saturated rings. The molecule has 0 amide bonds. The van der Waals surface area contributed by atoms with Crippen molar-refractivity contribution in [1.29, 1.82) is 0 Å². The van der Waals surface area contributed by atoms with Crippen molar-refractivity contribution in [3.05, 3.63) is 0 Å². The minimum absolute atomic E-state index is 0.185. The van der Waals surface area contributed by atoms with Gasteiger partial charge in [0.05, 0.1) is 12.2 Å². The van der Waals surface area contributed by atoms with Crippen molar-refractivity contribution in [1.82, 2.24) is 0 Å². The summed E-state index contributed by atoms with van der Waals surface area (Å²) in [5, 5.41) is 0. The van der Waals surface area contributed by atoms with E-state index < -0.39 is 0 Å². The molecule has 92 valence electrons. The van der Waals surface area contributed by atoms with Crippen LogP contribution < -0.4 is 0 Å². The van der Waals surface area contributed by atoms with Crippen LogP contribution in [0.2, 0.25) is 0 Å². The predicted octanol–water partition coefficient (Wildman–Crippen LogP) is 4.02. The van der Waals surface area contributed by atoms with Gasteiger partial charge in [-0.3, -0.25) is 0 Å². The van der Waals surface area contributed by atoms with Crippen LogP contribution in [0.3, 0.4) is 0 Å². The minimum Gasteiger partial charge on any atom is -0.374 e. The minimum atomic E-state index is 0.185. The normalized spacial score (nSPS) is 54.8. The fourth-order valence-electron chi connectivity index (χ4n) is 5.64. The molecule has 0 aromatic carbocycles. The van der Waals surface area contributed by atoms with Gasteiger partial charge >= 0.3 is 0 Å². The van der Waals surface area contributed by atoms with Gasteiger partial charge in [-0.1, -0.05) is 27.2 Å². The molecule has 1 heteroatoms. The topological polar surface area (TPSA) is 9.23 Å². The van der Waals surface area contributed by atoms with Crippen molar-refractivity contribution in [3.8, 4) is 0 Å². The Morgan fingerprint density at radius 2 is 1.81 bits per heavy atom. The van der Waals surface area contributed by atoms with E-state index in [9.17, 15) is 0 Å². The van der Waals surface area contributed by atoms with Crippen LogP contribution in [0.1, 0.15) is 59.8 Å². The van der Waals surface area contributed by atoms with Crippen LogP contribution in [0.15, 0.2) is 0 Å². The molecule has 3 aliphatic rings. The molecule has 0 aromatic rings. The molecule has 1 spiro atoms. The summed E-state index contributed by atoms with van der Waals surface area (Å²) in [7, 11) is 0. The van der Waals surface area contributed by atoms with Crippen LogP contribution in [0.4, 0.5) is 0 Å². The van der Waals surface area contributed by atoms with E-state index in [0.29, 0.717) is 10.8 Å². The van der Waals surface area contributed by atoms with E-state index >= 15 is 0 Å². The molecule has 0 radical (unpaired) electrons.